The van der Waals surface area contributed by atoms with Crippen LogP contribution in [-0.2, 0) is 11.2 Å². The fraction of sp³-hybridized carbons (Fsp3) is 0.250. The molecule has 0 radical (unpaired) electrons. The first kappa shape index (κ1) is 23.6. The fourth-order valence-corrected chi connectivity index (χ4v) is 2.89. The summed E-state index contributed by atoms with van der Waals surface area (Å²) in [7, 11) is 0. The molecule has 150 valence electrons. The maximum absolute atomic E-state index is 12.2. The lowest BCUT2D eigenvalue weighted by molar-refractivity contribution is -0.121. The van der Waals surface area contributed by atoms with Crippen molar-refractivity contribution in [3.05, 3.63) is 66.5 Å². The molecule has 0 aliphatic rings. The molecular formula is C20H25Cl2N5O. The van der Waals surface area contributed by atoms with Gasteiger partial charge in [-0.25, -0.2) is 9.97 Å². The average Bonchev–Trinajstić information content (AvgIpc) is 2.62. The molecule has 2 aromatic carbocycles. The Bertz CT molecular complexity index is 873. The van der Waals surface area contributed by atoms with Gasteiger partial charge in [-0.15, -0.1) is 24.8 Å². The molecule has 0 aliphatic carbocycles. The van der Waals surface area contributed by atoms with E-state index in [1.807, 2.05) is 61.5 Å². The second-order valence-electron chi connectivity index (χ2n) is 6.33. The minimum Gasteiger partial charge on any atom is -0.350 e. The first-order valence-electron chi connectivity index (χ1n) is 8.67. The predicted octanol–water partition coefficient (Wildman–Crippen LogP) is 3.31. The molecule has 4 N–H and O–H groups in total. The Kier molecular flexibility index (Phi) is 9.65. The number of hydrogen-bond donors (Lipinski definition) is 3. The number of anilines is 1. The molecule has 0 spiro atoms. The summed E-state index contributed by atoms with van der Waals surface area (Å²) in [6.45, 7) is 1.87. The van der Waals surface area contributed by atoms with Gasteiger partial charge in [-0.3, -0.25) is 4.79 Å². The Labute approximate surface area is 177 Å². The van der Waals surface area contributed by atoms with Crippen LogP contribution in [0.15, 0.2) is 60.9 Å². The van der Waals surface area contributed by atoms with Crippen LogP contribution in [0.4, 0.5) is 5.82 Å². The van der Waals surface area contributed by atoms with Gasteiger partial charge < -0.3 is 16.4 Å². The Morgan fingerprint density at radius 1 is 1.04 bits per heavy atom. The number of halogens is 2. The molecule has 6 nitrogen and oxygen atoms in total. The van der Waals surface area contributed by atoms with Gasteiger partial charge in [0.15, 0.2) is 0 Å². The quantitative estimate of drug-likeness (QED) is 0.508. The summed E-state index contributed by atoms with van der Waals surface area (Å²) in [6, 6.07) is 17.5. The number of benzene rings is 2. The molecule has 8 heteroatoms. The molecule has 0 fully saturated rings. The minimum atomic E-state index is -0.273. The topological polar surface area (TPSA) is 92.9 Å². The number of amides is 1. The highest BCUT2D eigenvalue weighted by molar-refractivity contribution is 5.89. The van der Waals surface area contributed by atoms with E-state index < -0.39 is 0 Å². The number of nitrogens with two attached hydrogens (primary N) is 1. The number of nitrogens with one attached hydrogen (secondary N) is 2. The van der Waals surface area contributed by atoms with Gasteiger partial charge in [-0.2, -0.15) is 0 Å². The molecule has 1 aromatic heterocycles. The van der Waals surface area contributed by atoms with Gasteiger partial charge in [-0.05, 0) is 31.0 Å². The summed E-state index contributed by atoms with van der Waals surface area (Å²) in [6.07, 6.45) is 2.18. The summed E-state index contributed by atoms with van der Waals surface area (Å²) in [5, 5.41) is 7.05. The second kappa shape index (κ2) is 11.4. The van der Waals surface area contributed by atoms with E-state index in [9.17, 15) is 4.79 Å². The lowest BCUT2D eigenvalue weighted by atomic mass is 10.0. The lowest BCUT2D eigenvalue weighted by Gasteiger charge is -2.19. The number of fused-ring (bicyclic) bond motifs is 1. The fourth-order valence-electron chi connectivity index (χ4n) is 2.89. The highest BCUT2D eigenvalue weighted by Gasteiger charge is 2.13. The Hall–Kier alpha value is -2.41. The minimum absolute atomic E-state index is 0. The highest BCUT2D eigenvalue weighted by Crippen LogP contribution is 2.18. The third-order valence-electron chi connectivity index (χ3n) is 4.06. The number of aromatic nitrogens is 2. The summed E-state index contributed by atoms with van der Waals surface area (Å²) in [5.41, 5.74) is 8.09. The van der Waals surface area contributed by atoms with E-state index in [0.717, 1.165) is 16.5 Å². The zero-order valence-electron chi connectivity index (χ0n) is 15.5. The second-order valence-corrected chi connectivity index (χ2v) is 6.33. The van der Waals surface area contributed by atoms with Crippen LogP contribution in [0.3, 0.4) is 0 Å². The number of carbonyl (C=O) groups is 1. The Morgan fingerprint density at radius 3 is 2.46 bits per heavy atom. The molecule has 0 aliphatic heterocycles. The van der Waals surface area contributed by atoms with Crippen LogP contribution in [0.1, 0.15) is 18.9 Å². The van der Waals surface area contributed by atoms with Crippen molar-refractivity contribution in [3.8, 4) is 0 Å². The maximum Gasteiger partial charge on any atom is 0.223 e. The van der Waals surface area contributed by atoms with E-state index in [0.29, 0.717) is 12.2 Å². The molecule has 0 bridgehead atoms. The maximum atomic E-state index is 12.2. The number of nitrogens with zero attached hydrogens (tertiary/aromatic N) is 2. The highest BCUT2D eigenvalue weighted by atomic mass is 35.5. The predicted molar refractivity (Wildman–Crippen MR) is 118 cm³/mol. The average molecular weight is 422 g/mol. The van der Waals surface area contributed by atoms with Gasteiger partial charge in [0.2, 0.25) is 5.91 Å². The van der Waals surface area contributed by atoms with E-state index in [-0.39, 0.29) is 49.3 Å². The van der Waals surface area contributed by atoms with Gasteiger partial charge in [-0.1, -0.05) is 42.5 Å². The molecule has 28 heavy (non-hydrogen) atoms. The van der Waals surface area contributed by atoms with E-state index >= 15 is 0 Å². The molecule has 0 saturated carbocycles. The first-order valence-corrected chi connectivity index (χ1v) is 8.67. The van der Waals surface area contributed by atoms with Gasteiger partial charge in [0.25, 0.3) is 0 Å². The van der Waals surface area contributed by atoms with E-state index in [1.165, 1.54) is 6.33 Å². The van der Waals surface area contributed by atoms with E-state index in [2.05, 4.69) is 20.6 Å². The van der Waals surface area contributed by atoms with Gasteiger partial charge in [0.1, 0.15) is 12.1 Å². The first-order chi connectivity index (χ1) is 12.6. The van der Waals surface area contributed by atoms with Gasteiger partial charge >= 0.3 is 0 Å². The normalized spacial score (nSPS) is 12.2. The Balaban J connectivity index is 0.00000196. The van der Waals surface area contributed by atoms with E-state index in [4.69, 9.17) is 5.73 Å². The van der Waals surface area contributed by atoms with Crippen LogP contribution in [0.2, 0.25) is 0 Å². The molecule has 1 heterocycles. The molecule has 3 rings (SSSR count). The van der Waals surface area contributed by atoms with Crippen molar-refractivity contribution in [2.45, 2.75) is 32.0 Å². The number of rotatable bonds is 7. The monoisotopic (exact) mass is 421 g/mol. The molecule has 2 unspecified atom stereocenters. The van der Waals surface area contributed by atoms with Crippen LogP contribution in [-0.4, -0.2) is 28.1 Å². The van der Waals surface area contributed by atoms with Crippen molar-refractivity contribution < 1.29 is 4.79 Å². The van der Waals surface area contributed by atoms with Crippen LogP contribution in [0, 0.1) is 0 Å². The molecule has 3 aromatic rings. The largest absolute Gasteiger partial charge is 0.350 e. The number of carbonyl (C=O) groups excluding carboxylic acids is 1. The van der Waals surface area contributed by atoms with Crippen molar-refractivity contribution >= 4 is 47.4 Å². The zero-order valence-corrected chi connectivity index (χ0v) is 17.2. The van der Waals surface area contributed by atoms with Gasteiger partial charge in [0.05, 0.1) is 11.7 Å². The third kappa shape index (κ3) is 6.64. The summed E-state index contributed by atoms with van der Waals surface area (Å²) >= 11 is 0. The zero-order chi connectivity index (χ0) is 18.4. The molecular weight excluding hydrogens is 397 g/mol. The van der Waals surface area contributed by atoms with Crippen LogP contribution < -0.4 is 16.4 Å². The van der Waals surface area contributed by atoms with Crippen molar-refractivity contribution in [2.75, 3.05) is 5.32 Å². The van der Waals surface area contributed by atoms with Crippen molar-refractivity contribution in [3.63, 3.8) is 0 Å². The number of hydrogen-bond acceptors (Lipinski definition) is 5. The van der Waals surface area contributed by atoms with Gasteiger partial charge in [0, 0.05) is 17.8 Å². The van der Waals surface area contributed by atoms with Crippen molar-refractivity contribution in [1.29, 1.82) is 0 Å². The van der Waals surface area contributed by atoms with Crippen molar-refractivity contribution in [1.82, 2.24) is 15.3 Å². The smallest absolute Gasteiger partial charge is 0.223 e. The van der Waals surface area contributed by atoms with Crippen LogP contribution >= 0.6 is 24.8 Å². The number of para-hydroxylation sites is 1. The summed E-state index contributed by atoms with van der Waals surface area (Å²) in [4.78, 5) is 20.8. The molecule has 2 atom stereocenters. The van der Waals surface area contributed by atoms with Crippen molar-refractivity contribution in [2.24, 2.45) is 5.73 Å². The summed E-state index contributed by atoms with van der Waals surface area (Å²) < 4.78 is 0. The molecule has 0 saturated heterocycles. The molecule has 1 amide bonds. The third-order valence-corrected chi connectivity index (χ3v) is 4.06. The van der Waals surface area contributed by atoms with Crippen LogP contribution in [0.25, 0.3) is 10.9 Å². The summed E-state index contributed by atoms with van der Waals surface area (Å²) in [5.74, 6) is 0.601. The Morgan fingerprint density at radius 2 is 1.71 bits per heavy atom. The SMILES string of the molecule is CC(NC(=O)CC(N)Cc1ccccc1)Nc1ncnc2ccccc12.Cl.Cl. The van der Waals surface area contributed by atoms with E-state index in [1.54, 1.807) is 0 Å². The standard InChI is InChI=1S/C20H23N5O.2ClH/c1-14(25-20-17-9-5-6-10-18(17)22-13-23-20)24-19(26)12-16(21)11-15-7-3-2-4-8-15;;/h2-10,13-14,16H,11-12,21H2,1H3,(H,24,26)(H,22,23,25);2*1H. The van der Waals surface area contributed by atoms with Crippen LogP contribution in [0.5, 0.6) is 0 Å². The lowest BCUT2D eigenvalue weighted by Crippen LogP contribution is -2.41.